The Hall–Kier alpha value is -1.91. The van der Waals surface area contributed by atoms with Gasteiger partial charge in [0.25, 0.3) is 5.91 Å². The molecule has 102 valence electrons. The Morgan fingerprint density at radius 1 is 1.32 bits per heavy atom. The highest BCUT2D eigenvalue weighted by molar-refractivity contribution is 6.20. The molecule has 1 aliphatic rings. The Labute approximate surface area is 113 Å². The maximum absolute atomic E-state index is 12.4. The number of amides is 3. The first-order valence-corrected chi connectivity index (χ1v) is 6.46. The molecule has 1 fully saturated rings. The van der Waals surface area contributed by atoms with Gasteiger partial charge in [0.15, 0.2) is 0 Å². The molecular weight excluding hydrogens is 242 g/mol. The average molecular weight is 261 g/mol. The molecule has 1 atom stereocenters. The lowest BCUT2D eigenvalue weighted by Crippen LogP contribution is -2.32. The molecule has 1 aromatic rings. The van der Waals surface area contributed by atoms with Crippen molar-refractivity contribution in [2.75, 3.05) is 11.9 Å². The maximum Gasteiger partial charge on any atom is 0.333 e. The number of hydrogen-bond acceptors (Lipinski definition) is 3. The van der Waals surface area contributed by atoms with Gasteiger partial charge in [-0.3, -0.25) is 4.79 Å². The lowest BCUT2D eigenvalue weighted by atomic mass is 10.0. The second-order valence-electron chi connectivity index (χ2n) is 5.35. The largest absolute Gasteiger partial charge is 0.333 e. The molecule has 0 saturated carbocycles. The van der Waals surface area contributed by atoms with E-state index in [0.717, 1.165) is 5.69 Å². The second kappa shape index (κ2) is 4.99. The van der Waals surface area contributed by atoms with E-state index >= 15 is 0 Å². The minimum absolute atomic E-state index is 0.181. The number of anilines is 1. The van der Waals surface area contributed by atoms with E-state index in [1.807, 2.05) is 26.8 Å². The Balaban J connectivity index is 2.32. The molecule has 19 heavy (non-hydrogen) atoms. The summed E-state index contributed by atoms with van der Waals surface area (Å²) in [4.78, 5) is 31.6. The fourth-order valence-electron chi connectivity index (χ4n) is 2.27. The molecule has 5 nitrogen and oxygen atoms in total. The van der Waals surface area contributed by atoms with Crippen molar-refractivity contribution in [1.82, 2.24) is 9.88 Å². The molecule has 1 aromatic heterocycles. The van der Waals surface area contributed by atoms with Crippen LogP contribution in [0.2, 0.25) is 0 Å². The Kier molecular flexibility index (Phi) is 3.55. The van der Waals surface area contributed by atoms with E-state index in [4.69, 9.17) is 0 Å². The zero-order chi connectivity index (χ0) is 14.2. The maximum atomic E-state index is 12.4. The number of aromatic nitrogens is 1. The lowest BCUT2D eigenvalue weighted by molar-refractivity contribution is -0.119. The van der Waals surface area contributed by atoms with Crippen LogP contribution < -0.4 is 4.90 Å². The smallest absolute Gasteiger partial charge is 0.315 e. The summed E-state index contributed by atoms with van der Waals surface area (Å²) in [6.07, 6.45) is 0.670. The zero-order valence-corrected chi connectivity index (χ0v) is 11.8. The first-order valence-electron chi connectivity index (χ1n) is 6.46. The summed E-state index contributed by atoms with van der Waals surface area (Å²) < 4.78 is 0. The fourth-order valence-corrected chi connectivity index (χ4v) is 2.27. The average Bonchev–Trinajstić information content (AvgIpc) is 2.53. The van der Waals surface area contributed by atoms with Crippen molar-refractivity contribution in [3.63, 3.8) is 0 Å². The van der Waals surface area contributed by atoms with Gasteiger partial charge in [0, 0.05) is 12.7 Å². The normalized spacial score (nSPS) is 19.7. The van der Waals surface area contributed by atoms with Gasteiger partial charge >= 0.3 is 6.03 Å². The predicted molar refractivity (Wildman–Crippen MR) is 72.9 cm³/mol. The van der Waals surface area contributed by atoms with E-state index in [0.29, 0.717) is 18.2 Å². The van der Waals surface area contributed by atoms with Crippen LogP contribution in [-0.2, 0) is 4.79 Å². The third kappa shape index (κ3) is 2.45. The van der Waals surface area contributed by atoms with Gasteiger partial charge in [0.05, 0.1) is 0 Å². The predicted octanol–water partition coefficient (Wildman–Crippen LogP) is 2.20. The fraction of sp³-hybridized carbons (Fsp3) is 0.500. The Bertz CT molecular complexity index is 513. The number of likely N-dealkylation sites (N-methyl/N-ethyl adjacent to an activating group) is 1. The van der Waals surface area contributed by atoms with E-state index in [9.17, 15) is 9.59 Å². The molecule has 1 unspecified atom stereocenters. The molecule has 0 radical (unpaired) electrons. The molecular formula is C14H19N3O2. The minimum atomic E-state index is -0.380. The molecule has 2 rings (SSSR count). The van der Waals surface area contributed by atoms with Gasteiger partial charge in [0.1, 0.15) is 11.9 Å². The van der Waals surface area contributed by atoms with Crippen LogP contribution in [-0.4, -0.2) is 34.9 Å². The summed E-state index contributed by atoms with van der Waals surface area (Å²) in [6, 6.07) is 4.65. The van der Waals surface area contributed by atoms with E-state index in [2.05, 4.69) is 4.98 Å². The van der Waals surface area contributed by atoms with Crippen LogP contribution in [0.4, 0.5) is 10.6 Å². The van der Waals surface area contributed by atoms with Crippen LogP contribution >= 0.6 is 0 Å². The Morgan fingerprint density at radius 3 is 2.58 bits per heavy atom. The summed E-state index contributed by atoms with van der Waals surface area (Å²) in [5, 5.41) is 0. The lowest BCUT2D eigenvalue weighted by Gasteiger charge is -2.17. The highest BCUT2D eigenvalue weighted by Crippen LogP contribution is 2.25. The van der Waals surface area contributed by atoms with Crippen LogP contribution in [0, 0.1) is 12.8 Å². The van der Waals surface area contributed by atoms with Crippen molar-refractivity contribution >= 4 is 17.8 Å². The van der Waals surface area contributed by atoms with Crippen molar-refractivity contribution in [3.05, 3.63) is 23.9 Å². The van der Waals surface area contributed by atoms with Gasteiger partial charge < -0.3 is 4.90 Å². The van der Waals surface area contributed by atoms with Crippen molar-refractivity contribution in [3.8, 4) is 0 Å². The van der Waals surface area contributed by atoms with Crippen molar-refractivity contribution in [2.45, 2.75) is 33.2 Å². The number of hydrogen-bond donors (Lipinski definition) is 0. The summed E-state index contributed by atoms with van der Waals surface area (Å²) in [6.45, 7) is 5.92. The van der Waals surface area contributed by atoms with Crippen LogP contribution in [0.15, 0.2) is 18.2 Å². The second-order valence-corrected chi connectivity index (χ2v) is 5.35. The molecule has 2 heterocycles. The molecule has 0 N–H and O–H groups in total. The number of carbonyl (C=O) groups is 2. The third-order valence-corrected chi connectivity index (χ3v) is 3.26. The van der Waals surface area contributed by atoms with Crippen molar-refractivity contribution < 1.29 is 9.59 Å². The number of urea groups is 1. The van der Waals surface area contributed by atoms with E-state index in [1.165, 1.54) is 9.80 Å². The molecule has 1 saturated heterocycles. The third-order valence-electron chi connectivity index (χ3n) is 3.26. The van der Waals surface area contributed by atoms with E-state index in [-0.39, 0.29) is 18.0 Å². The number of rotatable bonds is 3. The first-order chi connectivity index (χ1) is 8.91. The molecule has 5 heteroatoms. The summed E-state index contributed by atoms with van der Waals surface area (Å²) in [7, 11) is 1.67. The quantitative estimate of drug-likeness (QED) is 0.784. The summed E-state index contributed by atoms with van der Waals surface area (Å²) in [5.41, 5.74) is 0.785. The first kappa shape index (κ1) is 13.5. The molecule has 0 aromatic carbocycles. The SMILES string of the molecule is Cc1cccc(N2C(=O)C(CC(C)C)N(C)C2=O)n1. The highest BCUT2D eigenvalue weighted by Gasteiger charge is 2.44. The van der Waals surface area contributed by atoms with Crippen LogP contribution in [0.5, 0.6) is 0 Å². The molecule has 0 bridgehead atoms. The van der Waals surface area contributed by atoms with Crippen molar-refractivity contribution in [2.24, 2.45) is 5.92 Å². The molecule has 3 amide bonds. The Morgan fingerprint density at radius 2 is 2.00 bits per heavy atom. The molecule has 0 aliphatic carbocycles. The number of imide groups is 1. The number of aryl methyl sites for hydroxylation is 1. The number of pyridine rings is 1. The van der Waals surface area contributed by atoms with Gasteiger partial charge in [-0.15, -0.1) is 0 Å². The van der Waals surface area contributed by atoms with Crippen LogP contribution in [0.25, 0.3) is 0 Å². The van der Waals surface area contributed by atoms with E-state index < -0.39 is 0 Å². The standard InChI is InChI=1S/C14H19N3O2/c1-9(2)8-11-13(18)17(14(19)16(11)4)12-7-5-6-10(3)15-12/h5-7,9,11H,8H2,1-4H3. The highest BCUT2D eigenvalue weighted by atomic mass is 16.2. The van der Waals surface area contributed by atoms with Gasteiger partial charge in [-0.25, -0.2) is 14.7 Å². The van der Waals surface area contributed by atoms with Crippen molar-refractivity contribution in [1.29, 1.82) is 0 Å². The molecule has 0 spiro atoms. The van der Waals surface area contributed by atoms with Crippen LogP contribution in [0.3, 0.4) is 0 Å². The van der Waals surface area contributed by atoms with Gasteiger partial charge in [-0.2, -0.15) is 0 Å². The molecule has 1 aliphatic heterocycles. The van der Waals surface area contributed by atoms with Gasteiger partial charge in [-0.05, 0) is 31.4 Å². The number of nitrogens with zero attached hydrogens (tertiary/aromatic N) is 3. The topological polar surface area (TPSA) is 53.5 Å². The summed E-state index contributed by atoms with van der Waals surface area (Å²) in [5.74, 6) is 0.585. The summed E-state index contributed by atoms with van der Waals surface area (Å²) >= 11 is 0. The monoisotopic (exact) mass is 261 g/mol. The zero-order valence-electron chi connectivity index (χ0n) is 11.8. The minimum Gasteiger partial charge on any atom is -0.315 e. The van der Waals surface area contributed by atoms with Gasteiger partial charge in [-0.1, -0.05) is 19.9 Å². The van der Waals surface area contributed by atoms with Gasteiger partial charge in [0.2, 0.25) is 0 Å². The number of carbonyl (C=O) groups excluding carboxylic acids is 2. The van der Waals surface area contributed by atoms with E-state index in [1.54, 1.807) is 19.2 Å². The van der Waals surface area contributed by atoms with Crippen LogP contribution in [0.1, 0.15) is 26.0 Å².